The topological polar surface area (TPSA) is 50.3 Å². The zero-order valence-corrected chi connectivity index (χ0v) is 12.9. The van der Waals surface area contributed by atoms with Crippen LogP contribution in [0.25, 0.3) is 0 Å². The van der Waals surface area contributed by atoms with Gasteiger partial charge in [0.05, 0.1) is 0 Å². The second kappa shape index (κ2) is 7.43. The Hall–Kier alpha value is -1.36. The molecule has 5 nitrogen and oxygen atoms in total. The van der Waals surface area contributed by atoms with Crippen molar-refractivity contribution in [2.45, 2.75) is 39.5 Å². The molecule has 0 aliphatic heterocycles. The molecule has 5 heteroatoms. The van der Waals surface area contributed by atoms with Gasteiger partial charge in [-0.3, -0.25) is 0 Å². The van der Waals surface area contributed by atoms with Gasteiger partial charge in [0.15, 0.2) is 0 Å². The maximum Gasteiger partial charge on any atom is 0.218 e. The molecule has 1 aliphatic carbocycles. The standard InChI is InChI=1S/C15H26N4O/c1-4-16-13-11-14(18-15(17-13)12-7-8-12)20-10-9-19(5-2)6-3/h11-12H,4-10H2,1-3H3,(H,16,17,18). The summed E-state index contributed by atoms with van der Waals surface area (Å²) in [6, 6.07) is 1.90. The van der Waals surface area contributed by atoms with Crippen LogP contribution in [0.5, 0.6) is 5.88 Å². The Kier molecular flexibility index (Phi) is 5.59. The summed E-state index contributed by atoms with van der Waals surface area (Å²) in [5.74, 6) is 3.05. The zero-order chi connectivity index (χ0) is 14.4. The van der Waals surface area contributed by atoms with Crippen LogP contribution in [0, 0.1) is 0 Å². The van der Waals surface area contributed by atoms with Crippen LogP contribution >= 0.6 is 0 Å². The molecule has 0 saturated heterocycles. The van der Waals surface area contributed by atoms with Crippen LogP contribution in [0.4, 0.5) is 5.82 Å². The molecule has 0 amide bonds. The van der Waals surface area contributed by atoms with E-state index in [-0.39, 0.29) is 0 Å². The number of hydrogen-bond acceptors (Lipinski definition) is 5. The summed E-state index contributed by atoms with van der Waals surface area (Å²) in [4.78, 5) is 11.4. The van der Waals surface area contributed by atoms with E-state index in [1.54, 1.807) is 0 Å². The first kappa shape index (κ1) is 15.0. The third-order valence-electron chi connectivity index (χ3n) is 3.57. The minimum Gasteiger partial charge on any atom is -0.476 e. The minimum absolute atomic E-state index is 0.540. The van der Waals surface area contributed by atoms with Crippen molar-refractivity contribution in [2.24, 2.45) is 0 Å². The van der Waals surface area contributed by atoms with Crippen LogP contribution in [0.15, 0.2) is 6.07 Å². The van der Waals surface area contributed by atoms with Crippen molar-refractivity contribution in [3.05, 3.63) is 11.9 Å². The average Bonchev–Trinajstić information content (AvgIpc) is 3.28. The third-order valence-corrected chi connectivity index (χ3v) is 3.57. The summed E-state index contributed by atoms with van der Waals surface area (Å²) < 4.78 is 5.81. The van der Waals surface area contributed by atoms with Gasteiger partial charge in [0.25, 0.3) is 0 Å². The molecular weight excluding hydrogens is 252 g/mol. The van der Waals surface area contributed by atoms with Gasteiger partial charge in [-0.15, -0.1) is 0 Å². The van der Waals surface area contributed by atoms with E-state index in [0.717, 1.165) is 37.8 Å². The normalized spacial score (nSPS) is 14.6. The second-order valence-electron chi connectivity index (χ2n) is 5.13. The summed E-state index contributed by atoms with van der Waals surface area (Å²) in [5.41, 5.74) is 0. The first-order valence-electron chi connectivity index (χ1n) is 7.74. The highest BCUT2D eigenvalue weighted by molar-refractivity contribution is 5.39. The Labute approximate surface area is 121 Å². The van der Waals surface area contributed by atoms with Gasteiger partial charge in [-0.1, -0.05) is 13.8 Å². The third kappa shape index (κ3) is 4.34. The van der Waals surface area contributed by atoms with E-state index in [2.05, 4.69) is 41.0 Å². The van der Waals surface area contributed by atoms with Gasteiger partial charge in [-0.2, -0.15) is 4.98 Å². The van der Waals surface area contributed by atoms with Crippen molar-refractivity contribution in [3.8, 4) is 5.88 Å². The lowest BCUT2D eigenvalue weighted by Gasteiger charge is -2.18. The van der Waals surface area contributed by atoms with Crippen LogP contribution < -0.4 is 10.1 Å². The van der Waals surface area contributed by atoms with Crippen LogP contribution in [0.3, 0.4) is 0 Å². The Balaban J connectivity index is 1.95. The second-order valence-corrected chi connectivity index (χ2v) is 5.13. The van der Waals surface area contributed by atoms with E-state index in [1.807, 2.05) is 6.07 Å². The molecule has 20 heavy (non-hydrogen) atoms. The molecule has 0 atom stereocenters. The number of hydrogen-bond donors (Lipinski definition) is 1. The molecule has 1 N–H and O–H groups in total. The summed E-state index contributed by atoms with van der Waals surface area (Å²) >= 11 is 0. The Bertz CT molecular complexity index is 416. The van der Waals surface area contributed by atoms with Crippen LogP contribution in [0.2, 0.25) is 0 Å². The van der Waals surface area contributed by atoms with Gasteiger partial charge >= 0.3 is 0 Å². The van der Waals surface area contributed by atoms with Crippen molar-refractivity contribution in [2.75, 3.05) is 38.1 Å². The lowest BCUT2D eigenvalue weighted by Crippen LogP contribution is -2.28. The fourth-order valence-electron chi connectivity index (χ4n) is 2.13. The molecule has 0 aromatic carbocycles. The minimum atomic E-state index is 0.540. The fraction of sp³-hybridized carbons (Fsp3) is 0.733. The quantitative estimate of drug-likeness (QED) is 0.752. The summed E-state index contributed by atoms with van der Waals surface area (Å²) in [6.07, 6.45) is 2.41. The highest BCUT2D eigenvalue weighted by atomic mass is 16.5. The molecule has 1 aliphatic rings. The largest absolute Gasteiger partial charge is 0.476 e. The van der Waals surface area contributed by atoms with E-state index < -0.39 is 0 Å². The molecule has 0 spiro atoms. The van der Waals surface area contributed by atoms with Crippen LogP contribution in [-0.2, 0) is 0 Å². The highest BCUT2D eigenvalue weighted by Crippen LogP contribution is 2.39. The predicted molar refractivity (Wildman–Crippen MR) is 81.5 cm³/mol. The molecule has 1 fully saturated rings. The maximum absolute atomic E-state index is 5.81. The van der Waals surface area contributed by atoms with E-state index in [9.17, 15) is 0 Å². The van der Waals surface area contributed by atoms with Gasteiger partial charge in [0, 0.05) is 25.1 Å². The average molecular weight is 278 g/mol. The molecular formula is C15H26N4O. The molecule has 1 heterocycles. The SMILES string of the molecule is CCNc1cc(OCCN(CC)CC)nc(C2CC2)n1. The van der Waals surface area contributed by atoms with Crippen molar-refractivity contribution >= 4 is 5.82 Å². The van der Waals surface area contributed by atoms with Crippen molar-refractivity contribution in [3.63, 3.8) is 0 Å². The summed E-state index contributed by atoms with van der Waals surface area (Å²) in [5, 5.41) is 3.25. The monoisotopic (exact) mass is 278 g/mol. The number of ether oxygens (including phenoxy) is 1. The molecule has 112 valence electrons. The van der Waals surface area contributed by atoms with Crippen molar-refractivity contribution < 1.29 is 4.74 Å². The number of anilines is 1. The Morgan fingerprint density at radius 3 is 2.60 bits per heavy atom. The Morgan fingerprint density at radius 1 is 1.25 bits per heavy atom. The van der Waals surface area contributed by atoms with E-state index in [1.165, 1.54) is 12.8 Å². The summed E-state index contributed by atoms with van der Waals surface area (Å²) in [7, 11) is 0. The Morgan fingerprint density at radius 2 is 2.00 bits per heavy atom. The molecule has 0 unspecified atom stereocenters. The first-order valence-corrected chi connectivity index (χ1v) is 7.74. The smallest absolute Gasteiger partial charge is 0.218 e. The van der Waals surface area contributed by atoms with Gasteiger partial charge in [-0.25, -0.2) is 4.98 Å². The molecule has 1 saturated carbocycles. The molecule has 0 radical (unpaired) electrons. The highest BCUT2D eigenvalue weighted by Gasteiger charge is 2.27. The molecule has 2 rings (SSSR count). The summed E-state index contributed by atoms with van der Waals surface area (Å²) in [6.45, 7) is 11.0. The van der Waals surface area contributed by atoms with Crippen LogP contribution in [-0.4, -0.2) is 47.7 Å². The van der Waals surface area contributed by atoms with Gasteiger partial charge < -0.3 is 15.0 Å². The lowest BCUT2D eigenvalue weighted by atomic mass is 10.4. The van der Waals surface area contributed by atoms with Crippen molar-refractivity contribution in [1.82, 2.24) is 14.9 Å². The van der Waals surface area contributed by atoms with E-state index in [0.29, 0.717) is 18.4 Å². The molecule has 1 aromatic heterocycles. The van der Waals surface area contributed by atoms with Crippen molar-refractivity contribution in [1.29, 1.82) is 0 Å². The van der Waals surface area contributed by atoms with E-state index >= 15 is 0 Å². The first-order chi connectivity index (χ1) is 9.76. The van der Waals surface area contributed by atoms with Gasteiger partial charge in [0.1, 0.15) is 18.2 Å². The molecule has 0 bridgehead atoms. The number of nitrogens with zero attached hydrogens (tertiary/aromatic N) is 3. The number of aromatic nitrogens is 2. The fourth-order valence-corrected chi connectivity index (χ4v) is 2.13. The lowest BCUT2D eigenvalue weighted by molar-refractivity contribution is 0.217. The number of likely N-dealkylation sites (N-methyl/N-ethyl adjacent to an activating group) is 1. The van der Waals surface area contributed by atoms with Crippen LogP contribution in [0.1, 0.15) is 45.4 Å². The molecule has 1 aromatic rings. The number of nitrogens with one attached hydrogen (secondary N) is 1. The zero-order valence-electron chi connectivity index (χ0n) is 12.9. The van der Waals surface area contributed by atoms with Gasteiger partial charge in [-0.05, 0) is 32.9 Å². The van der Waals surface area contributed by atoms with Gasteiger partial charge in [0.2, 0.25) is 5.88 Å². The maximum atomic E-state index is 5.81. The predicted octanol–water partition coefficient (Wildman–Crippen LogP) is 2.51. The number of rotatable bonds is 9. The van der Waals surface area contributed by atoms with E-state index in [4.69, 9.17) is 4.74 Å².